The van der Waals surface area contributed by atoms with Crippen LogP contribution in [0.2, 0.25) is 5.02 Å². The van der Waals surface area contributed by atoms with Gasteiger partial charge >= 0.3 is 12.2 Å². The van der Waals surface area contributed by atoms with E-state index in [-0.39, 0.29) is 47.3 Å². The Hall–Kier alpha value is -5.38. The summed E-state index contributed by atoms with van der Waals surface area (Å²) in [6, 6.07) is 8.77. The van der Waals surface area contributed by atoms with Gasteiger partial charge in [0, 0.05) is 36.2 Å². The molecule has 0 aliphatic heterocycles. The van der Waals surface area contributed by atoms with Gasteiger partial charge in [-0.25, -0.2) is 24.9 Å². The third-order valence-electron chi connectivity index (χ3n) is 7.68. The summed E-state index contributed by atoms with van der Waals surface area (Å²) < 4.78 is 52.0. The Kier molecular flexibility index (Phi) is 9.61. The molecule has 0 unspecified atom stereocenters. The molecule has 0 bridgehead atoms. The number of ether oxygens (including phenoxy) is 2. The Labute approximate surface area is 277 Å². The molecule has 2 N–H and O–H groups in total. The van der Waals surface area contributed by atoms with Crippen molar-refractivity contribution in [2.75, 3.05) is 23.9 Å². The number of H-pyrrole nitrogens is 1. The predicted octanol–water partition coefficient (Wildman–Crippen LogP) is 5.63. The lowest BCUT2D eigenvalue weighted by atomic mass is 9.90. The first-order valence-electron chi connectivity index (χ1n) is 14.8. The molecule has 0 radical (unpaired) electrons. The Morgan fingerprint density at radius 2 is 1.73 bits per heavy atom. The van der Waals surface area contributed by atoms with Crippen molar-refractivity contribution in [2.24, 2.45) is 0 Å². The molecule has 1 amide bonds. The van der Waals surface area contributed by atoms with E-state index in [9.17, 15) is 18.0 Å². The van der Waals surface area contributed by atoms with Gasteiger partial charge < -0.3 is 14.8 Å². The number of nitrogens with one attached hydrogen (secondary N) is 2. The van der Waals surface area contributed by atoms with E-state index in [2.05, 4.69) is 45.4 Å². The van der Waals surface area contributed by atoms with Crippen LogP contribution in [0.25, 0.3) is 22.6 Å². The summed E-state index contributed by atoms with van der Waals surface area (Å²) in [4.78, 5) is 40.6. The number of para-hydroxylation sites is 1. The van der Waals surface area contributed by atoms with Gasteiger partial charge in [0.15, 0.2) is 12.4 Å². The summed E-state index contributed by atoms with van der Waals surface area (Å²) in [6.07, 6.45) is 5.62. The van der Waals surface area contributed by atoms with Gasteiger partial charge in [-0.3, -0.25) is 19.8 Å². The summed E-state index contributed by atoms with van der Waals surface area (Å²) in [5, 5.41) is 9.35. The predicted molar refractivity (Wildman–Crippen MR) is 168 cm³/mol. The summed E-state index contributed by atoms with van der Waals surface area (Å²) in [7, 11) is 1.47. The molecule has 1 saturated carbocycles. The van der Waals surface area contributed by atoms with E-state index in [0.29, 0.717) is 48.5 Å². The quantitative estimate of drug-likeness (QED) is 0.188. The van der Waals surface area contributed by atoms with Crippen LogP contribution < -0.4 is 19.7 Å². The molecule has 0 atom stereocenters. The van der Waals surface area contributed by atoms with Crippen LogP contribution >= 0.6 is 11.6 Å². The minimum Gasteiger partial charge on any atom is -0.484 e. The van der Waals surface area contributed by atoms with Gasteiger partial charge in [0.05, 0.1) is 36.4 Å². The van der Waals surface area contributed by atoms with Crippen molar-refractivity contribution in [3.63, 3.8) is 0 Å². The van der Waals surface area contributed by atoms with Crippen LogP contribution in [0.3, 0.4) is 0 Å². The number of halogens is 4. The zero-order valence-corrected chi connectivity index (χ0v) is 26.1. The van der Waals surface area contributed by atoms with Crippen molar-refractivity contribution >= 4 is 29.3 Å². The summed E-state index contributed by atoms with van der Waals surface area (Å²) in [5.74, 6) is 0.600. The van der Waals surface area contributed by atoms with Gasteiger partial charge in [-0.1, -0.05) is 29.8 Å². The fraction of sp³-hybridized carbons (Fsp3) is 0.290. The van der Waals surface area contributed by atoms with Gasteiger partial charge in [0.25, 0.3) is 5.91 Å². The fourth-order valence-corrected chi connectivity index (χ4v) is 5.53. The van der Waals surface area contributed by atoms with E-state index in [0.717, 1.165) is 6.20 Å². The van der Waals surface area contributed by atoms with Crippen molar-refractivity contribution < 1.29 is 27.4 Å². The highest BCUT2D eigenvalue weighted by Gasteiger charge is 2.37. The molecular formula is C31H28ClF3N10O3. The van der Waals surface area contributed by atoms with Crippen LogP contribution in [0.15, 0.2) is 67.5 Å². The number of nitrogens with zero attached hydrogens (tertiary/aromatic N) is 8. The molecule has 1 fully saturated rings. The highest BCUT2D eigenvalue weighted by molar-refractivity contribution is 6.32. The van der Waals surface area contributed by atoms with Crippen LogP contribution in [-0.2, 0) is 11.0 Å². The molecule has 4 heterocycles. The van der Waals surface area contributed by atoms with E-state index in [4.69, 9.17) is 21.1 Å². The number of aromatic amines is 1. The topological polar surface area (TPSA) is 157 Å². The van der Waals surface area contributed by atoms with Gasteiger partial charge in [-0.2, -0.15) is 18.3 Å². The summed E-state index contributed by atoms with van der Waals surface area (Å²) >= 11 is 6.07. The number of aromatic nitrogens is 8. The smallest absolute Gasteiger partial charge is 0.420 e. The van der Waals surface area contributed by atoms with Crippen LogP contribution in [0, 0.1) is 0 Å². The molecule has 248 valence electrons. The maximum Gasteiger partial charge on any atom is 0.420 e. The second-order valence-electron chi connectivity index (χ2n) is 10.8. The number of amides is 1. The van der Waals surface area contributed by atoms with Crippen molar-refractivity contribution in [1.82, 2.24) is 40.1 Å². The molecule has 0 saturated heterocycles. The number of benzene rings is 1. The molecule has 5 aromatic rings. The van der Waals surface area contributed by atoms with E-state index >= 15 is 0 Å². The average molecular weight is 681 g/mol. The first-order valence-corrected chi connectivity index (χ1v) is 15.2. The number of carbonyl (C=O) groups excluding carboxylic acids is 1. The number of methoxy groups -OCH3 is 1. The lowest BCUT2D eigenvalue weighted by Gasteiger charge is -2.36. The second-order valence-corrected chi connectivity index (χ2v) is 11.2. The number of anilines is 2. The first kappa shape index (κ1) is 32.6. The average Bonchev–Trinajstić information content (AvgIpc) is 3.54. The molecule has 6 rings (SSSR count). The number of carbonyl (C=O) groups is 1. The lowest BCUT2D eigenvalue weighted by Crippen LogP contribution is -2.46. The maximum absolute atomic E-state index is 13.7. The Morgan fingerprint density at radius 1 is 0.979 bits per heavy atom. The van der Waals surface area contributed by atoms with Crippen molar-refractivity contribution in [1.29, 1.82) is 0 Å². The van der Waals surface area contributed by atoms with Gasteiger partial charge in [-0.05, 0) is 37.8 Å². The van der Waals surface area contributed by atoms with Crippen LogP contribution in [0.5, 0.6) is 11.8 Å². The summed E-state index contributed by atoms with van der Waals surface area (Å²) in [5.41, 5.74) is -0.377. The van der Waals surface area contributed by atoms with E-state index in [1.807, 2.05) is 18.2 Å². The zero-order valence-electron chi connectivity index (χ0n) is 25.4. The lowest BCUT2D eigenvalue weighted by molar-refractivity contribution is -0.137. The number of hydrogen-bond donors (Lipinski definition) is 2. The third kappa shape index (κ3) is 7.43. The van der Waals surface area contributed by atoms with Crippen molar-refractivity contribution in [3.05, 3.63) is 78.1 Å². The van der Waals surface area contributed by atoms with Crippen molar-refractivity contribution in [3.8, 4) is 34.4 Å². The Balaban J connectivity index is 1.18. The normalized spacial score (nSPS) is 16.3. The van der Waals surface area contributed by atoms with Crippen molar-refractivity contribution in [2.45, 2.75) is 43.9 Å². The molecule has 1 aliphatic rings. The van der Waals surface area contributed by atoms with E-state index in [1.165, 1.54) is 25.7 Å². The molecule has 1 aromatic carbocycles. The standard InChI is InChI=1S/C31H28ClF3N10O3/c1-47-30-39-11-18(12-40-30)24-15-37-25(16-36-24)45(26(46)17-48-21-5-3-2-4-6-21)20-9-7-19(8-10-20)42-29-38-13-22(31(33,34)35)27(43-29)28-23(32)14-41-44-28/h2-6,11-16,19-20H,7-10,17H2,1H3,(H,41,44)(H,38,42,43). The van der Waals surface area contributed by atoms with Crippen LogP contribution in [0.1, 0.15) is 31.2 Å². The Morgan fingerprint density at radius 3 is 2.35 bits per heavy atom. The van der Waals surface area contributed by atoms with Gasteiger partial charge in [0.1, 0.15) is 22.7 Å². The Bertz CT molecular complexity index is 1840. The molecule has 17 heteroatoms. The third-order valence-corrected chi connectivity index (χ3v) is 7.97. The van der Waals surface area contributed by atoms with Crippen LogP contribution in [-0.4, -0.2) is 71.8 Å². The minimum atomic E-state index is -4.70. The molecule has 0 spiro atoms. The van der Waals surface area contributed by atoms with E-state index in [1.54, 1.807) is 29.4 Å². The number of rotatable bonds is 10. The molecule has 1 aliphatic carbocycles. The van der Waals surface area contributed by atoms with Gasteiger partial charge in [0.2, 0.25) is 5.95 Å². The SMILES string of the molecule is COc1ncc(-c2cnc(N(C(=O)COc3ccccc3)C3CCC(Nc4ncc(C(F)(F)F)c(-c5[nH]ncc5Cl)n4)CC3)cn2)cn1. The van der Waals surface area contributed by atoms with E-state index < -0.39 is 17.4 Å². The van der Waals surface area contributed by atoms with Gasteiger partial charge in [-0.15, -0.1) is 0 Å². The fourth-order valence-electron chi connectivity index (χ4n) is 5.35. The maximum atomic E-state index is 13.7. The highest BCUT2D eigenvalue weighted by atomic mass is 35.5. The number of alkyl halides is 3. The summed E-state index contributed by atoms with van der Waals surface area (Å²) in [6.45, 7) is -0.226. The highest BCUT2D eigenvalue weighted by Crippen LogP contribution is 2.38. The molecule has 13 nitrogen and oxygen atoms in total. The molecular weight excluding hydrogens is 653 g/mol. The monoisotopic (exact) mass is 680 g/mol. The number of hydrogen-bond acceptors (Lipinski definition) is 11. The first-order chi connectivity index (χ1) is 23.2. The largest absolute Gasteiger partial charge is 0.484 e. The molecule has 48 heavy (non-hydrogen) atoms. The minimum absolute atomic E-state index is 0.000116. The zero-order chi connectivity index (χ0) is 33.7. The molecule has 4 aromatic heterocycles. The second kappa shape index (κ2) is 14.2. The van der Waals surface area contributed by atoms with Crippen LogP contribution in [0.4, 0.5) is 24.9 Å².